The standard InChI is InChI=1S/C15H15BF3N3O5S/c1-2-26-13(23)6-11-8-28-14(21-11)22-20-7-9-5-10(16(24)25)3-4-12(9)27-15(17,18)19/h3-5,7-8,24-25H,2,6H2,1H3,(H,21,22). The van der Waals surface area contributed by atoms with Gasteiger partial charge in [-0.15, -0.1) is 24.5 Å². The lowest BCUT2D eigenvalue weighted by Crippen LogP contribution is -2.30. The first-order valence-corrected chi connectivity index (χ1v) is 8.71. The fraction of sp³-hybridized carbons (Fsp3) is 0.267. The molecule has 0 aliphatic heterocycles. The summed E-state index contributed by atoms with van der Waals surface area (Å²) in [5.41, 5.74) is 2.79. The topological polar surface area (TPSA) is 113 Å². The van der Waals surface area contributed by atoms with E-state index in [1.54, 1.807) is 12.3 Å². The average molecular weight is 417 g/mol. The molecule has 2 aromatic rings. The van der Waals surface area contributed by atoms with Gasteiger partial charge in [0.05, 0.1) is 24.9 Å². The largest absolute Gasteiger partial charge is 0.573 e. The second-order valence-electron chi connectivity index (χ2n) is 5.21. The highest BCUT2D eigenvalue weighted by Crippen LogP contribution is 2.25. The third kappa shape index (κ3) is 6.83. The Morgan fingerprint density at radius 3 is 2.82 bits per heavy atom. The molecule has 0 atom stereocenters. The van der Waals surface area contributed by atoms with Crippen LogP contribution < -0.4 is 15.6 Å². The average Bonchev–Trinajstić information content (AvgIpc) is 3.02. The van der Waals surface area contributed by atoms with Crippen LogP contribution in [0.3, 0.4) is 0 Å². The molecular weight excluding hydrogens is 402 g/mol. The summed E-state index contributed by atoms with van der Waals surface area (Å²) in [7, 11) is -1.87. The number of hydrogen-bond acceptors (Lipinski definition) is 9. The Morgan fingerprint density at radius 1 is 1.43 bits per heavy atom. The van der Waals surface area contributed by atoms with E-state index in [1.807, 2.05) is 0 Å². The zero-order chi connectivity index (χ0) is 20.7. The first-order chi connectivity index (χ1) is 13.2. The molecule has 2 rings (SSSR count). The number of benzene rings is 1. The van der Waals surface area contributed by atoms with Crippen molar-refractivity contribution in [1.82, 2.24) is 4.98 Å². The molecule has 0 saturated heterocycles. The molecule has 0 amide bonds. The van der Waals surface area contributed by atoms with E-state index in [9.17, 15) is 28.0 Å². The first-order valence-electron chi connectivity index (χ1n) is 7.83. The lowest BCUT2D eigenvalue weighted by molar-refractivity contribution is -0.274. The maximum atomic E-state index is 12.5. The van der Waals surface area contributed by atoms with E-state index in [-0.39, 0.29) is 24.1 Å². The van der Waals surface area contributed by atoms with Crippen molar-refractivity contribution in [1.29, 1.82) is 0 Å². The van der Waals surface area contributed by atoms with E-state index in [1.165, 1.54) is 0 Å². The number of nitrogens with one attached hydrogen (secondary N) is 1. The van der Waals surface area contributed by atoms with Crippen LogP contribution >= 0.6 is 11.3 Å². The number of carbonyl (C=O) groups is 1. The summed E-state index contributed by atoms with van der Waals surface area (Å²) < 4.78 is 46.2. The summed E-state index contributed by atoms with van der Waals surface area (Å²) in [6.07, 6.45) is -3.93. The van der Waals surface area contributed by atoms with Gasteiger partial charge in [-0.3, -0.25) is 10.2 Å². The molecule has 0 aliphatic carbocycles. The number of carbonyl (C=O) groups excluding carboxylic acids is 1. The van der Waals surface area contributed by atoms with Crippen molar-refractivity contribution in [3.63, 3.8) is 0 Å². The molecule has 1 aromatic heterocycles. The van der Waals surface area contributed by atoms with Crippen LogP contribution in [0.2, 0.25) is 0 Å². The van der Waals surface area contributed by atoms with Gasteiger partial charge in [-0.2, -0.15) is 5.10 Å². The normalized spacial score (nSPS) is 11.5. The van der Waals surface area contributed by atoms with Crippen LogP contribution in [0.15, 0.2) is 28.7 Å². The molecule has 8 nitrogen and oxygen atoms in total. The number of hydrogen-bond donors (Lipinski definition) is 3. The SMILES string of the molecule is CCOC(=O)Cc1csc(NN=Cc2cc(B(O)O)ccc2OC(F)(F)F)n1. The Bertz CT molecular complexity index is 845. The van der Waals surface area contributed by atoms with Crippen molar-refractivity contribution < 1.29 is 37.5 Å². The summed E-state index contributed by atoms with van der Waals surface area (Å²) >= 11 is 1.13. The van der Waals surface area contributed by atoms with Crippen molar-refractivity contribution in [2.24, 2.45) is 5.10 Å². The molecule has 1 aromatic carbocycles. The fourth-order valence-corrected chi connectivity index (χ4v) is 2.66. The number of aromatic nitrogens is 1. The fourth-order valence-electron chi connectivity index (χ4n) is 2.00. The Labute approximate surface area is 161 Å². The quantitative estimate of drug-likeness (QED) is 0.257. The van der Waals surface area contributed by atoms with Crippen molar-refractivity contribution in [2.45, 2.75) is 19.7 Å². The van der Waals surface area contributed by atoms with Gasteiger partial charge in [0.15, 0.2) is 0 Å². The van der Waals surface area contributed by atoms with Gasteiger partial charge >= 0.3 is 19.5 Å². The highest BCUT2D eigenvalue weighted by molar-refractivity contribution is 7.13. The van der Waals surface area contributed by atoms with Gasteiger partial charge in [0.2, 0.25) is 5.13 Å². The predicted molar refractivity (Wildman–Crippen MR) is 96.6 cm³/mol. The third-order valence-corrected chi connectivity index (χ3v) is 3.90. The summed E-state index contributed by atoms with van der Waals surface area (Å²) in [5.74, 6) is -0.999. The van der Waals surface area contributed by atoms with Gasteiger partial charge in [0, 0.05) is 10.9 Å². The predicted octanol–water partition coefficient (Wildman–Crippen LogP) is 1.27. The van der Waals surface area contributed by atoms with Crippen LogP contribution in [0.25, 0.3) is 0 Å². The highest BCUT2D eigenvalue weighted by Gasteiger charge is 2.32. The zero-order valence-electron chi connectivity index (χ0n) is 14.4. The molecule has 0 spiro atoms. The van der Waals surface area contributed by atoms with Gasteiger partial charge in [-0.25, -0.2) is 4.98 Å². The zero-order valence-corrected chi connectivity index (χ0v) is 15.3. The summed E-state index contributed by atoms with van der Waals surface area (Å²) in [6.45, 7) is 1.94. The van der Waals surface area contributed by atoms with E-state index < -0.39 is 25.2 Å². The second-order valence-corrected chi connectivity index (χ2v) is 6.07. The summed E-state index contributed by atoms with van der Waals surface area (Å²) in [4.78, 5) is 15.5. The molecule has 0 bridgehead atoms. The smallest absolute Gasteiger partial charge is 0.466 e. The molecule has 28 heavy (non-hydrogen) atoms. The molecule has 1 heterocycles. The van der Waals surface area contributed by atoms with E-state index in [0.29, 0.717) is 10.8 Å². The van der Waals surface area contributed by atoms with Crippen LogP contribution in [0.4, 0.5) is 18.3 Å². The van der Waals surface area contributed by atoms with E-state index in [4.69, 9.17) is 4.74 Å². The van der Waals surface area contributed by atoms with E-state index in [2.05, 4.69) is 20.2 Å². The van der Waals surface area contributed by atoms with Crippen LogP contribution in [0, 0.1) is 0 Å². The minimum atomic E-state index is -4.92. The highest BCUT2D eigenvalue weighted by atomic mass is 32.1. The van der Waals surface area contributed by atoms with Gasteiger partial charge < -0.3 is 19.5 Å². The number of ether oxygens (including phenoxy) is 2. The number of alkyl halides is 3. The van der Waals surface area contributed by atoms with Crippen molar-refractivity contribution in [3.8, 4) is 5.75 Å². The number of anilines is 1. The molecular formula is C15H15BF3N3O5S. The van der Waals surface area contributed by atoms with Crippen molar-refractivity contribution >= 4 is 41.2 Å². The monoisotopic (exact) mass is 417 g/mol. The van der Waals surface area contributed by atoms with Gasteiger partial charge in [-0.05, 0) is 24.5 Å². The molecule has 13 heteroatoms. The lowest BCUT2D eigenvalue weighted by atomic mass is 9.79. The minimum absolute atomic E-state index is 0.0181. The number of rotatable bonds is 8. The van der Waals surface area contributed by atoms with Crippen molar-refractivity contribution in [2.75, 3.05) is 12.0 Å². The molecule has 0 radical (unpaired) electrons. The molecule has 150 valence electrons. The van der Waals surface area contributed by atoms with Gasteiger partial charge in [0.25, 0.3) is 0 Å². The maximum Gasteiger partial charge on any atom is 0.573 e. The third-order valence-electron chi connectivity index (χ3n) is 3.10. The van der Waals surface area contributed by atoms with Crippen LogP contribution in [-0.4, -0.2) is 47.3 Å². The number of hydrazone groups is 1. The minimum Gasteiger partial charge on any atom is -0.466 e. The van der Waals surface area contributed by atoms with Gasteiger partial charge in [0.1, 0.15) is 5.75 Å². The maximum absolute atomic E-state index is 12.5. The summed E-state index contributed by atoms with van der Waals surface area (Å²) in [5, 5.41) is 24.0. The molecule has 3 N–H and O–H groups in total. The van der Waals surface area contributed by atoms with Crippen LogP contribution in [-0.2, 0) is 16.0 Å². The molecule has 0 fully saturated rings. The van der Waals surface area contributed by atoms with Crippen LogP contribution in [0.5, 0.6) is 5.75 Å². The number of thiazole rings is 1. The Kier molecular flexibility index (Phi) is 7.37. The summed E-state index contributed by atoms with van der Waals surface area (Å²) in [6, 6.07) is 3.12. The first kappa shape index (κ1) is 21.7. The van der Waals surface area contributed by atoms with E-state index >= 15 is 0 Å². The van der Waals surface area contributed by atoms with E-state index in [0.717, 1.165) is 35.8 Å². The molecule has 0 saturated carbocycles. The van der Waals surface area contributed by atoms with Gasteiger partial charge in [-0.1, -0.05) is 6.07 Å². The lowest BCUT2D eigenvalue weighted by Gasteiger charge is -2.12. The Morgan fingerprint density at radius 2 is 2.18 bits per heavy atom. The Balaban J connectivity index is 2.11. The number of halogens is 3. The Hall–Kier alpha value is -2.64. The number of esters is 1. The van der Waals surface area contributed by atoms with Crippen molar-refractivity contribution in [3.05, 3.63) is 34.8 Å². The molecule has 0 aliphatic rings. The van der Waals surface area contributed by atoms with Crippen LogP contribution in [0.1, 0.15) is 18.2 Å². The number of nitrogens with zero attached hydrogens (tertiary/aromatic N) is 2. The molecule has 0 unspecified atom stereocenters. The second kappa shape index (κ2) is 9.53.